The Hall–Kier alpha value is -2.48. The van der Waals surface area contributed by atoms with Crippen molar-refractivity contribution in [2.24, 2.45) is 5.92 Å². The van der Waals surface area contributed by atoms with Gasteiger partial charge in [-0.1, -0.05) is 12.1 Å². The van der Waals surface area contributed by atoms with Crippen LogP contribution in [0.2, 0.25) is 0 Å². The van der Waals surface area contributed by atoms with E-state index in [1.54, 1.807) is 6.20 Å². The molecule has 35 heavy (non-hydrogen) atoms. The van der Waals surface area contributed by atoms with E-state index in [-0.39, 0.29) is 24.0 Å². The molecule has 3 aliphatic heterocycles. The molecule has 2 saturated heterocycles. The van der Waals surface area contributed by atoms with E-state index >= 15 is 0 Å². The fourth-order valence-corrected chi connectivity index (χ4v) is 6.22. The van der Waals surface area contributed by atoms with Gasteiger partial charge < -0.3 is 19.7 Å². The number of fused-ring (bicyclic) bond motifs is 4. The maximum atomic E-state index is 14.0. The van der Waals surface area contributed by atoms with Gasteiger partial charge >= 0.3 is 0 Å². The minimum Gasteiger partial charge on any atom is -0.376 e. The van der Waals surface area contributed by atoms with Gasteiger partial charge in [-0.2, -0.15) is 0 Å². The van der Waals surface area contributed by atoms with Gasteiger partial charge in [-0.05, 0) is 69.7 Å². The molecule has 7 heteroatoms. The number of ether oxygens (including phenoxy) is 2. The molecule has 0 spiro atoms. The van der Waals surface area contributed by atoms with E-state index in [0.29, 0.717) is 18.7 Å². The van der Waals surface area contributed by atoms with E-state index in [9.17, 15) is 4.79 Å². The molecule has 1 aromatic heterocycles. The number of nitrogens with one attached hydrogen (secondary N) is 1. The molecule has 3 fully saturated rings. The standard InChI is InChI=1S/C28H36N4O3/c1-18(2)35-23-8-6-20(7-9-23)28(33)32-15-21-4-3-11-29-27(21)30-25-10-5-19(12-26(25)32)14-31-16-24-13-22(31)17-34-24/h3-5,10-12,18,20,22-24H,6-9,13-17H2,1-2H3,(H,29,30)/t20?,22-,23?,24?/m0/s1. The van der Waals surface area contributed by atoms with Crippen molar-refractivity contribution in [3.8, 4) is 0 Å². The lowest BCUT2D eigenvalue weighted by Gasteiger charge is -2.33. The number of anilines is 3. The lowest BCUT2D eigenvalue weighted by Crippen LogP contribution is -2.39. The first-order chi connectivity index (χ1) is 17.0. The summed E-state index contributed by atoms with van der Waals surface area (Å²) in [5.41, 5.74) is 4.20. The van der Waals surface area contributed by atoms with E-state index in [1.807, 2.05) is 11.0 Å². The molecule has 1 unspecified atom stereocenters. The highest BCUT2D eigenvalue weighted by atomic mass is 16.5. The highest BCUT2D eigenvalue weighted by molar-refractivity contribution is 5.99. The lowest BCUT2D eigenvalue weighted by atomic mass is 9.86. The molecule has 1 saturated carbocycles. The predicted molar refractivity (Wildman–Crippen MR) is 136 cm³/mol. The van der Waals surface area contributed by atoms with Crippen molar-refractivity contribution in [3.63, 3.8) is 0 Å². The Morgan fingerprint density at radius 1 is 1.23 bits per heavy atom. The van der Waals surface area contributed by atoms with E-state index in [0.717, 1.165) is 74.6 Å². The van der Waals surface area contributed by atoms with Gasteiger partial charge in [0.1, 0.15) is 5.82 Å². The number of hydrogen-bond acceptors (Lipinski definition) is 6. The number of benzene rings is 1. The van der Waals surface area contributed by atoms with Crippen LogP contribution in [0.1, 0.15) is 57.1 Å². The van der Waals surface area contributed by atoms with Crippen LogP contribution in [0.3, 0.4) is 0 Å². The summed E-state index contributed by atoms with van der Waals surface area (Å²) in [6.45, 7) is 7.44. The third-order valence-electron chi connectivity index (χ3n) is 7.98. The van der Waals surface area contributed by atoms with Crippen LogP contribution in [0.25, 0.3) is 0 Å². The molecule has 4 aliphatic rings. The number of pyridine rings is 1. The monoisotopic (exact) mass is 476 g/mol. The summed E-state index contributed by atoms with van der Waals surface area (Å²) >= 11 is 0. The molecular formula is C28H36N4O3. The predicted octanol–water partition coefficient (Wildman–Crippen LogP) is 4.63. The Kier molecular flexibility index (Phi) is 6.25. The number of nitrogens with zero attached hydrogens (tertiary/aromatic N) is 3. The van der Waals surface area contributed by atoms with Crippen LogP contribution in [0.15, 0.2) is 36.5 Å². The lowest BCUT2D eigenvalue weighted by molar-refractivity contribution is -0.124. The van der Waals surface area contributed by atoms with Crippen molar-refractivity contribution in [1.82, 2.24) is 9.88 Å². The molecule has 1 aliphatic carbocycles. The van der Waals surface area contributed by atoms with Crippen LogP contribution in [0.5, 0.6) is 0 Å². The summed E-state index contributed by atoms with van der Waals surface area (Å²) in [5.74, 6) is 1.08. The summed E-state index contributed by atoms with van der Waals surface area (Å²) in [6, 6.07) is 11.1. The first kappa shape index (κ1) is 23.0. The fourth-order valence-electron chi connectivity index (χ4n) is 6.22. The second-order valence-electron chi connectivity index (χ2n) is 10.8. The van der Waals surface area contributed by atoms with Gasteiger partial charge in [0.05, 0.1) is 42.8 Å². The summed E-state index contributed by atoms with van der Waals surface area (Å²) in [4.78, 5) is 23.1. The van der Waals surface area contributed by atoms with Crippen molar-refractivity contribution in [2.45, 2.75) is 83.4 Å². The number of morpholine rings is 1. The largest absolute Gasteiger partial charge is 0.376 e. The number of amides is 1. The Labute approximate surface area is 207 Å². The number of carbonyl (C=O) groups is 1. The quantitative estimate of drug-likeness (QED) is 0.679. The molecule has 4 heterocycles. The van der Waals surface area contributed by atoms with Crippen molar-refractivity contribution < 1.29 is 14.3 Å². The smallest absolute Gasteiger partial charge is 0.230 e. The van der Waals surface area contributed by atoms with Crippen LogP contribution < -0.4 is 10.2 Å². The third-order valence-corrected chi connectivity index (χ3v) is 7.98. The minimum atomic E-state index is 0.0307. The van der Waals surface area contributed by atoms with Crippen LogP contribution in [0.4, 0.5) is 17.2 Å². The highest BCUT2D eigenvalue weighted by Gasteiger charge is 2.39. The van der Waals surface area contributed by atoms with E-state index < -0.39 is 0 Å². The van der Waals surface area contributed by atoms with Crippen molar-refractivity contribution in [2.75, 3.05) is 23.4 Å². The molecule has 1 aromatic carbocycles. The maximum Gasteiger partial charge on any atom is 0.230 e. The van der Waals surface area contributed by atoms with E-state index in [1.165, 1.54) is 5.56 Å². The van der Waals surface area contributed by atoms with Gasteiger partial charge in [-0.15, -0.1) is 0 Å². The minimum absolute atomic E-state index is 0.0307. The van der Waals surface area contributed by atoms with Crippen LogP contribution in [-0.4, -0.2) is 53.3 Å². The molecule has 2 bridgehead atoms. The SMILES string of the molecule is CC(C)OC1CCC(C(=O)N2Cc3cccnc3Nc3ccc(CN4CC5C[C@H]4CO5)cc32)CC1. The number of rotatable bonds is 5. The van der Waals surface area contributed by atoms with Crippen LogP contribution >= 0.6 is 0 Å². The van der Waals surface area contributed by atoms with Gasteiger partial charge in [0.15, 0.2) is 0 Å². The Bertz CT molecular complexity index is 1080. The number of likely N-dealkylation sites (tertiary alicyclic amines) is 1. The summed E-state index contributed by atoms with van der Waals surface area (Å²) < 4.78 is 11.8. The summed E-state index contributed by atoms with van der Waals surface area (Å²) in [6.07, 6.45) is 7.49. The van der Waals surface area contributed by atoms with Crippen LogP contribution in [0, 0.1) is 5.92 Å². The number of hydrogen-bond donors (Lipinski definition) is 1. The average molecular weight is 477 g/mol. The normalized spacial score (nSPS) is 27.9. The summed E-state index contributed by atoms with van der Waals surface area (Å²) in [7, 11) is 0. The third kappa shape index (κ3) is 4.69. The Morgan fingerprint density at radius 3 is 2.83 bits per heavy atom. The molecule has 6 rings (SSSR count). The Balaban J connectivity index is 1.26. The second kappa shape index (κ2) is 9.52. The van der Waals surface area contributed by atoms with Gasteiger partial charge in [0, 0.05) is 36.8 Å². The van der Waals surface area contributed by atoms with Gasteiger partial charge in [-0.25, -0.2) is 4.98 Å². The van der Waals surface area contributed by atoms with Crippen molar-refractivity contribution in [1.29, 1.82) is 0 Å². The summed E-state index contributed by atoms with van der Waals surface area (Å²) in [5, 5.41) is 3.51. The van der Waals surface area contributed by atoms with Gasteiger partial charge in [-0.3, -0.25) is 9.69 Å². The number of carbonyl (C=O) groups excluding carboxylic acids is 1. The molecule has 2 atom stereocenters. The highest BCUT2D eigenvalue weighted by Crippen LogP contribution is 2.39. The molecule has 186 valence electrons. The second-order valence-corrected chi connectivity index (χ2v) is 10.8. The van der Waals surface area contributed by atoms with Crippen molar-refractivity contribution in [3.05, 3.63) is 47.7 Å². The molecule has 1 N–H and O–H groups in total. The topological polar surface area (TPSA) is 66.9 Å². The van der Waals surface area contributed by atoms with E-state index in [2.05, 4.69) is 53.3 Å². The molecule has 1 amide bonds. The molecule has 2 aromatic rings. The van der Waals surface area contributed by atoms with Gasteiger partial charge in [0.2, 0.25) is 5.91 Å². The zero-order valence-corrected chi connectivity index (χ0v) is 20.8. The zero-order chi connectivity index (χ0) is 23.9. The van der Waals surface area contributed by atoms with Crippen molar-refractivity contribution >= 4 is 23.1 Å². The first-order valence-corrected chi connectivity index (χ1v) is 13.2. The fraction of sp³-hybridized carbons (Fsp3) is 0.571. The van der Waals surface area contributed by atoms with E-state index in [4.69, 9.17) is 9.47 Å². The first-order valence-electron chi connectivity index (χ1n) is 13.2. The Morgan fingerprint density at radius 2 is 2.09 bits per heavy atom. The zero-order valence-electron chi connectivity index (χ0n) is 20.8. The molecular weight excluding hydrogens is 440 g/mol. The molecule has 7 nitrogen and oxygen atoms in total. The van der Waals surface area contributed by atoms with Crippen LogP contribution in [-0.2, 0) is 27.4 Å². The maximum absolute atomic E-state index is 14.0. The average Bonchev–Trinajstić information content (AvgIpc) is 3.43. The molecule has 0 radical (unpaired) electrons. The number of aromatic nitrogens is 1. The van der Waals surface area contributed by atoms with Gasteiger partial charge in [0.25, 0.3) is 0 Å².